The van der Waals surface area contributed by atoms with E-state index in [2.05, 4.69) is 5.32 Å². The second kappa shape index (κ2) is 9.30. The quantitative estimate of drug-likeness (QED) is 0.517. The van der Waals surface area contributed by atoms with Gasteiger partial charge in [0.05, 0.1) is 17.7 Å². The normalized spacial score (nSPS) is 10.4. The van der Waals surface area contributed by atoms with Crippen molar-refractivity contribution in [2.45, 2.75) is 13.2 Å². The van der Waals surface area contributed by atoms with E-state index in [0.717, 1.165) is 11.1 Å². The monoisotopic (exact) mass is 415 g/mol. The molecule has 7 heteroatoms. The Morgan fingerprint density at radius 2 is 1.86 bits per heavy atom. The molecule has 0 atom stereocenters. The maximum atomic E-state index is 13.0. The van der Waals surface area contributed by atoms with Crippen LogP contribution in [0.1, 0.15) is 21.5 Å². The summed E-state index contributed by atoms with van der Waals surface area (Å²) in [6, 6.07) is 16.1. The van der Waals surface area contributed by atoms with E-state index in [-0.39, 0.29) is 18.0 Å². The predicted molar refractivity (Wildman–Crippen MR) is 109 cm³/mol. The highest BCUT2D eigenvalue weighted by atomic mass is 35.5. The number of carbonyl (C=O) groups is 1. The summed E-state index contributed by atoms with van der Waals surface area (Å²) < 4.78 is 24.2. The summed E-state index contributed by atoms with van der Waals surface area (Å²) in [5.74, 6) is -0.429. The first-order valence-corrected chi connectivity index (χ1v) is 9.15. The van der Waals surface area contributed by atoms with Crippen molar-refractivity contribution >= 4 is 23.3 Å². The van der Waals surface area contributed by atoms with E-state index in [1.165, 1.54) is 25.3 Å². The zero-order chi connectivity index (χ0) is 20.8. The zero-order valence-corrected chi connectivity index (χ0v) is 16.4. The van der Waals surface area contributed by atoms with Crippen LogP contribution in [0.2, 0.25) is 5.02 Å². The Morgan fingerprint density at radius 3 is 2.55 bits per heavy atom. The minimum atomic E-state index is -0.985. The number of halogens is 2. The van der Waals surface area contributed by atoms with Crippen molar-refractivity contribution in [3.8, 4) is 11.5 Å². The van der Waals surface area contributed by atoms with Gasteiger partial charge in [-0.05, 0) is 53.6 Å². The van der Waals surface area contributed by atoms with Crippen LogP contribution in [0.3, 0.4) is 0 Å². The lowest BCUT2D eigenvalue weighted by Gasteiger charge is -2.15. The average Bonchev–Trinajstić information content (AvgIpc) is 2.72. The predicted octanol–water partition coefficient (Wildman–Crippen LogP) is 5.38. The van der Waals surface area contributed by atoms with E-state index in [1.54, 1.807) is 42.5 Å². The van der Waals surface area contributed by atoms with Gasteiger partial charge in [0.25, 0.3) is 0 Å². The number of benzene rings is 3. The van der Waals surface area contributed by atoms with Crippen LogP contribution in [-0.2, 0) is 13.2 Å². The molecule has 0 spiro atoms. The maximum Gasteiger partial charge on any atom is 0.335 e. The lowest BCUT2D eigenvalue weighted by molar-refractivity contribution is 0.0697. The molecule has 3 rings (SSSR count). The highest BCUT2D eigenvalue weighted by molar-refractivity contribution is 6.32. The summed E-state index contributed by atoms with van der Waals surface area (Å²) in [6.45, 7) is 0.632. The molecule has 0 amide bonds. The van der Waals surface area contributed by atoms with Gasteiger partial charge in [-0.25, -0.2) is 9.18 Å². The third-order valence-electron chi connectivity index (χ3n) is 4.19. The van der Waals surface area contributed by atoms with Crippen LogP contribution in [0.25, 0.3) is 0 Å². The number of aromatic carboxylic acids is 1. The fraction of sp³-hybridized carbons (Fsp3) is 0.136. The van der Waals surface area contributed by atoms with Crippen molar-refractivity contribution in [1.82, 2.24) is 0 Å². The molecule has 3 aromatic carbocycles. The number of anilines is 1. The number of ether oxygens (including phenoxy) is 2. The van der Waals surface area contributed by atoms with E-state index in [0.29, 0.717) is 28.8 Å². The van der Waals surface area contributed by atoms with E-state index in [1.807, 2.05) is 0 Å². The first-order valence-electron chi connectivity index (χ1n) is 8.77. The molecule has 0 aliphatic carbocycles. The third kappa shape index (κ3) is 5.39. The maximum absolute atomic E-state index is 13.0. The highest BCUT2D eigenvalue weighted by Gasteiger charge is 2.13. The van der Waals surface area contributed by atoms with Crippen LogP contribution in [0.5, 0.6) is 11.5 Å². The van der Waals surface area contributed by atoms with Gasteiger partial charge in [0.15, 0.2) is 11.5 Å². The SMILES string of the molecule is COc1cc(CNc2cccc(C(=O)O)c2)cc(Cl)c1OCc1ccc(F)cc1. The van der Waals surface area contributed by atoms with Crippen LogP contribution in [-0.4, -0.2) is 18.2 Å². The molecular formula is C22H19ClFNO4. The zero-order valence-electron chi connectivity index (χ0n) is 15.6. The topological polar surface area (TPSA) is 67.8 Å². The molecule has 5 nitrogen and oxygen atoms in total. The van der Waals surface area contributed by atoms with Crippen molar-refractivity contribution in [3.63, 3.8) is 0 Å². The largest absolute Gasteiger partial charge is 0.493 e. The number of nitrogens with one attached hydrogen (secondary N) is 1. The Bertz CT molecular complexity index is 1010. The van der Waals surface area contributed by atoms with Crippen LogP contribution in [0, 0.1) is 5.82 Å². The van der Waals surface area contributed by atoms with Gasteiger partial charge in [-0.15, -0.1) is 0 Å². The summed E-state index contributed by atoms with van der Waals surface area (Å²) in [5, 5.41) is 12.6. The third-order valence-corrected chi connectivity index (χ3v) is 4.47. The second-order valence-electron chi connectivity index (χ2n) is 6.26. The molecule has 0 aromatic heterocycles. The Labute approximate surface area is 172 Å². The fourth-order valence-electron chi connectivity index (χ4n) is 2.72. The molecule has 0 heterocycles. The Morgan fingerprint density at radius 1 is 1.10 bits per heavy atom. The average molecular weight is 416 g/mol. The van der Waals surface area contributed by atoms with Gasteiger partial charge in [-0.2, -0.15) is 0 Å². The van der Waals surface area contributed by atoms with Gasteiger partial charge in [-0.1, -0.05) is 29.8 Å². The lowest BCUT2D eigenvalue weighted by atomic mass is 10.1. The van der Waals surface area contributed by atoms with Gasteiger partial charge in [0.2, 0.25) is 0 Å². The number of rotatable bonds is 8. The van der Waals surface area contributed by atoms with E-state index in [4.69, 9.17) is 26.2 Å². The highest BCUT2D eigenvalue weighted by Crippen LogP contribution is 2.37. The van der Waals surface area contributed by atoms with Crippen molar-refractivity contribution in [3.05, 3.63) is 88.2 Å². The first-order chi connectivity index (χ1) is 14.0. The van der Waals surface area contributed by atoms with E-state index in [9.17, 15) is 9.18 Å². The smallest absolute Gasteiger partial charge is 0.335 e. The van der Waals surface area contributed by atoms with E-state index >= 15 is 0 Å². The number of carboxylic acids is 1. The number of hydrogen-bond acceptors (Lipinski definition) is 4. The second-order valence-corrected chi connectivity index (χ2v) is 6.67. The molecule has 0 fully saturated rings. The minimum Gasteiger partial charge on any atom is -0.493 e. The van der Waals surface area contributed by atoms with Gasteiger partial charge in [-0.3, -0.25) is 0 Å². The summed E-state index contributed by atoms with van der Waals surface area (Å²) >= 11 is 6.38. The van der Waals surface area contributed by atoms with Crippen molar-refractivity contribution in [2.75, 3.05) is 12.4 Å². The Kier molecular flexibility index (Phi) is 6.57. The van der Waals surface area contributed by atoms with Crippen LogP contribution in [0.15, 0.2) is 60.7 Å². The molecule has 0 radical (unpaired) electrons. The Balaban J connectivity index is 1.71. The number of methoxy groups -OCH3 is 1. The molecule has 3 aromatic rings. The molecule has 0 saturated heterocycles. The van der Waals surface area contributed by atoms with Crippen LogP contribution in [0.4, 0.5) is 10.1 Å². The summed E-state index contributed by atoms with van der Waals surface area (Å²) in [5.41, 5.74) is 2.52. The Hall–Kier alpha value is -3.25. The van der Waals surface area contributed by atoms with Gasteiger partial charge in [0.1, 0.15) is 12.4 Å². The molecule has 0 saturated carbocycles. The van der Waals surface area contributed by atoms with Crippen molar-refractivity contribution in [1.29, 1.82) is 0 Å². The van der Waals surface area contributed by atoms with Crippen molar-refractivity contribution in [2.24, 2.45) is 0 Å². The molecule has 29 heavy (non-hydrogen) atoms. The minimum absolute atomic E-state index is 0.204. The standard InChI is InChI=1S/C22H19ClFNO4/c1-28-20-10-15(12-25-18-4-2-3-16(11-18)22(26)27)9-19(23)21(20)29-13-14-5-7-17(24)8-6-14/h2-11,25H,12-13H2,1H3,(H,26,27). The van der Waals surface area contributed by atoms with Crippen LogP contribution >= 0.6 is 11.6 Å². The van der Waals surface area contributed by atoms with Gasteiger partial charge >= 0.3 is 5.97 Å². The summed E-state index contributed by atoms with van der Waals surface area (Å²) in [4.78, 5) is 11.1. The molecule has 150 valence electrons. The fourth-order valence-corrected chi connectivity index (χ4v) is 3.01. The first kappa shape index (κ1) is 20.5. The molecule has 0 aliphatic rings. The summed E-state index contributed by atoms with van der Waals surface area (Å²) in [6.07, 6.45) is 0. The molecule has 0 aliphatic heterocycles. The summed E-state index contributed by atoms with van der Waals surface area (Å²) in [7, 11) is 1.52. The molecule has 2 N–H and O–H groups in total. The van der Waals surface area contributed by atoms with Gasteiger partial charge in [0, 0.05) is 12.2 Å². The van der Waals surface area contributed by atoms with E-state index < -0.39 is 5.97 Å². The van der Waals surface area contributed by atoms with Gasteiger partial charge < -0.3 is 19.9 Å². The van der Waals surface area contributed by atoms with Crippen LogP contribution < -0.4 is 14.8 Å². The molecular weight excluding hydrogens is 397 g/mol. The molecule has 0 bridgehead atoms. The number of hydrogen-bond donors (Lipinski definition) is 2. The lowest BCUT2D eigenvalue weighted by Crippen LogP contribution is -2.04. The number of carboxylic acid groups (broad SMARTS) is 1. The van der Waals surface area contributed by atoms with Crippen molar-refractivity contribution < 1.29 is 23.8 Å². The molecule has 0 unspecified atom stereocenters.